The Labute approximate surface area is 185 Å². The minimum absolute atomic E-state index is 0.0348. The fourth-order valence-corrected chi connectivity index (χ4v) is 6.58. The topological polar surface area (TPSA) is 83.7 Å². The third kappa shape index (κ3) is 3.93. The molecule has 0 N–H and O–H groups in total. The normalized spacial score (nSPS) is 17.1. The van der Waals surface area contributed by atoms with Crippen LogP contribution in [0.5, 0.6) is 0 Å². The maximum atomic E-state index is 13.1. The van der Waals surface area contributed by atoms with E-state index in [4.69, 9.17) is 4.42 Å². The van der Waals surface area contributed by atoms with Crippen molar-refractivity contribution >= 4 is 33.0 Å². The van der Waals surface area contributed by atoms with Gasteiger partial charge in [-0.15, -0.1) is 11.3 Å². The summed E-state index contributed by atoms with van der Waals surface area (Å²) in [5, 5.41) is 2.63. The van der Waals surface area contributed by atoms with Crippen molar-refractivity contribution < 1.29 is 17.6 Å². The number of hydrogen-bond acceptors (Lipinski definition) is 6. The molecule has 4 heterocycles. The van der Waals surface area contributed by atoms with E-state index in [0.29, 0.717) is 36.0 Å². The van der Waals surface area contributed by atoms with Crippen molar-refractivity contribution in [2.24, 2.45) is 0 Å². The van der Waals surface area contributed by atoms with Crippen LogP contribution in [0.4, 0.5) is 5.69 Å². The van der Waals surface area contributed by atoms with E-state index in [1.807, 2.05) is 17.5 Å². The van der Waals surface area contributed by atoms with Crippen LogP contribution >= 0.6 is 11.3 Å². The highest BCUT2D eigenvalue weighted by atomic mass is 32.2. The molecule has 0 saturated carbocycles. The fourth-order valence-electron chi connectivity index (χ4n) is 4.22. The van der Waals surface area contributed by atoms with Gasteiger partial charge in [0.25, 0.3) is 0 Å². The molecule has 2 aromatic heterocycles. The van der Waals surface area contributed by atoms with Gasteiger partial charge in [0.05, 0.1) is 23.3 Å². The standard InChI is InChI=1S/C22H23N3O4S2/c26-21(14-17-15-30-22(23-17)20-6-4-12-29-20)25-11-3-5-16-13-18(7-8-19(16)25)31(27,28)24-9-1-2-10-24/h4,6-8,12-13,15H,1-3,5,9-11,14H2. The van der Waals surface area contributed by atoms with Gasteiger partial charge in [-0.25, -0.2) is 13.4 Å². The van der Waals surface area contributed by atoms with Crippen LogP contribution in [0.1, 0.15) is 30.5 Å². The van der Waals surface area contributed by atoms with Gasteiger partial charge in [-0.05, 0) is 61.6 Å². The lowest BCUT2D eigenvalue weighted by molar-refractivity contribution is -0.118. The zero-order valence-corrected chi connectivity index (χ0v) is 18.6. The van der Waals surface area contributed by atoms with Crippen LogP contribution in [0.3, 0.4) is 0 Å². The van der Waals surface area contributed by atoms with Crippen LogP contribution in [0.25, 0.3) is 10.8 Å². The lowest BCUT2D eigenvalue weighted by Gasteiger charge is -2.30. The molecule has 31 heavy (non-hydrogen) atoms. The molecule has 0 radical (unpaired) electrons. The van der Waals surface area contributed by atoms with Crippen molar-refractivity contribution in [3.8, 4) is 10.8 Å². The highest BCUT2D eigenvalue weighted by molar-refractivity contribution is 7.89. The van der Waals surface area contributed by atoms with Gasteiger partial charge in [0.2, 0.25) is 15.9 Å². The van der Waals surface area contributed by atoms with Gasteiger partial charge in [0.15, 0.2) is 10.8 Å². The molecule has 7 nitrogen and oxygen atoms in total. The Balaban J connectivity index is 1.36. The van der Waals surface area contributed by atoms with Gasteiger partial charge in [-0.1, -0.05) is 0 Å². The molecule has 0 aliphatic carbocycles. The first kappa shape index (κ1) is 20.4. The van der Waals surface area contributed by atoms with Gasteiger partial charge >= 0.3 is 0 Å². The number of carbonyl (C=O) groups is 1. The number of fused-ring (bicyclic) bond motifs is 1. The van der Waals surface area contributed by atoms with Crippen LogP contribution in [0.2, 0.25) is 0 Å². The van der Waals surface area contributed by atoms with E-state index >= 15 is 0 Å². The summed E-state index contributed by atoms with van der Waals surface area (Å²) in [7, 11) is -3.46. The van der Waals surface area contributed by atoms with Crippen LogP contribution in [0, 0.1) is 0 Å². The molecular weight excluding hydrogens is 434 g/mol. The summed E-state index contributed by atoms with van der Waals surface area (Å²) in [6, 6.07) is 8.82. The second-order valence-electron chi connectivity index (χ2n) is 7.85. The molecule has 0 spiro atoms. The van der Waals surface area contributed by atoms with Crippen molar-refractivity contribution in [2.45, 2.75) is 37.0 Å². The number of sulfonamides is 1. The number of aromatic nitrogens is 1. The molecule has 162 valence electrons. The van der Waals surface area contributed by atoms with Gasteiger partial charge in [-0.2, -0.15) is 4.31 Å². The lowest BCUT2D eigenvalue weighted by Crippen LogP contribution is -2.37. The number of amides is 1. The van der Waals surface area contributed by atoms with Crippen molar-refractivity contribution in [1.29, 1.82) is 0 Å². The number of thiazole rings is 1. The summed E-state index contributed by atoms with van der Waals surface area (Å²) in [6.45, 7) is 1.79. The lowest BCUT2D eigenvalue weighted by atomic mass is 10.0. The van der Waals surface area contributed by atoms with Gasteiger partial charge in [0.1, 0.15) is 0 Å². The summed E-state index contributed by atoms with van der Waals surface area (Å²) in [4.78, 5) is 19.7. The minimum atomic E-state index is -3.46. The smallest absolute Gasteiger partial charge is 0.243 e. The van der Waals surface area contributed by atoms with Gasteiger partial charge < -0.3 is 9.32 Å². The fraction of sp³-hybridized carbons (Fsp3) is 0.364. The summed E-state index contributed by atoms with van der Waals surface area (Å²) < 4.78 is 32.7. The van der Waals surface area contributed by atoms with Crippen LogP contribution in [-0.2, 0) is 27.7 Å². The van der Waals surface area contributed by atoms with E-state index in [1.165, 1.54) is 11.3 Å². The largest absolute Gasteiger partial charge is 0.462 e. The second-order valence-corrected chi connectivity index (χ2v) is 10.6. The van der Waals surface area contributed by atoms with Crippen LogP contribution in [0.15, 0.2) is 51.3 Å². The summed E-state index contributed by atoms with van der Waals surface area (Å²) in [6.07, 6.45) is 5.19. The Bertz CT molecular complexity index is 1200. The third-order valence-corrected chi connectivity index (χ3v) is 8.59. The Morgan fingerprint density at radius 1 is 1.13 bits per heavy atom. The second kappa shape index (κ2) is 8.22. The summed E-state index contributed by atoms with van der Waals surface area (Å²) in [5.74, 6) is 0.658. The predicted octanol–water partition coefficient (Wildman–Crippen LogP) is 3.71. The summed E-state index contributed by atoms with van der Waals surface area (Å²) >= 11 is 1.45. The van der Waals surface area contributed by atoms with E-state index < -0.39 is 10.0 Å². The summed E-state index contributed by atoms with van der Waals surface area (Å²) in [5.41, 5.74) is 2.43. The van der Waals surface area contributed by atoms with Crippen LogP contribution in [-0.4, -0.2) is 43.2 Å². The molecule has 5 rings (SSSR count). The molecule has 1 saturated heterocycles. The number of nitrogens with zero attached hydrogens (tertiary/aromatic N) is 3. The van der Waals surface area contributed by atoms with Crippen LogP contribution < -0.4 is 4.90 Å². The molecule has 1 fully saturated rings. The molecule has 2 aliphatic heterocycles. The molecular formula is C22H23N3O4S2. The number of furan rings is 1. The Kier molecular flexibility index (Phi) is 5.41. The number of hydrogen-bond donors (Lipinski definition) is 0. The highest BCUT2D eigenvalue weighted by Crippen LogP contribution is 2.32. The highest BCUT2D eigenvalue weighted by Gasteiger charge is 2.30. The first-order valence-electron chi connectivity index (χ1n) is 10.4. The van der Waals surface area contributed by atoms with E-state index in [9.17, 15) is 13.2 Å². The Morgan fingerprint density at radius 2 is 1.97 bits per heavy atom. The van der Waals surface area contributed by atoms with E-state index in [1.54, 1.807) is 33.7 Å². The number of rotatable bonds is 5. The zero-order valence-electron chi connectivity index (χ0n) is 17.0. The molecule has 9 heteroatoms. The molecule has 0 bridgehead atoms. The SMILES string of the molecule is O=C(Cc1csc(-c2ccco2)n1)N1CCCc2cc(S(=O)(=O)N3CCCC3)ccc21. The number of anilines is 1. The number of aryl methyl sites for hydroxylation is 1. The number of carbonyl (C=O) groups excluding carboxylic acids is 1. The third-order valence-electron chi connectivity index (χ3n) is 5.79. The van der Waals surface area contributed by atoms with Crippen molar-refractivity contribution in [3.05, 3.63) is 53.2 Å². The monoisotopic (exact) mass is 457 g/mol. The van der Waals surface area contributed by atoms with Gasteiger partial charge in [0, 0.05) is 30.7 Å². The predicted molar refractivity (Wildman–Crippen MR) is 119 cm³/mol. The Hall–Kier alpha value is -2.49. The Morgan fingerprint density at radius 3 is 2.74 bits per heavy atom. The molecule has 0 unspecified atom stereocenters. The van der Waals surface area contributed by atoms with Crippen molar-refractivity contribution in [2.75, 3.05) is 24.5 Å². The number of benzene rings is 1. The molecule has 1 aromatic carbocycles. The quantitative estimate of drug-likeness (QED) is 0.583. The van der Waals surface area contributed by atoms with E-state index in [2.05, 4.69) is 4.98 Å². The molecule has 0 atom stereocenters. The first-order chi connectivity index (χ1) is 15.0. The maximum Gasteiger partial charge on any atom is 0.243 e. The minimum Gasteiger partial charge on any atom is -0.462 e. The zero-order chi connectivity index (χ0) is 21.4. The average molecular weight is 458 g/mol. The van der Waals surface area contributed by atoms with E-state index in [-0.39, 0.29) is 12.3 Å². The molecule has 3 aromatic rings. The average Bonchev–Trinajstić information content (AvgIpc) is 3.55. The molecule has 2 aliphatic rings. The van der Waals surface area contributed by atoms with Crippen molar-refractivity contribution in [3.63, 3.8) is 0 Å². The van der Waals surface area contributed by atoms with Crippen molar-refractivity contribution in [1.82, 2.24) is 9.29 Å². The van der Waals surface area contributed by atoms with Gasteiger partial charge in [-0.3, -0.25) is 4.79 Å². The first-order valence-corrected chi connectivity index (χ1v) is 12.8. The maximum absolute atomic E-state index is 13.1. The van der Waals surface area contributed by atoms with E-state index in [0.717, 1.165) is 41.9 Å². The molecule has 1 amide bonds.